The molecule has 0 bridgehead atoms. The molecular weight excluding hydrogens is 321 g/mol. The zero-order valence-corrected chi connectivity index (χ0v) is 12.7. The molecule has 6 heteroatoms. The molecule has 1 amide bonds. The van der Waals surface area contributed by atoms with Crippen molar-refractivity contribution in [2.24, 2.45) is 0 Å². The minimum atomic E-state index is -0.338. The van der Waals surface area contributed by atoms with Crippen LogP contribution in [-0.4, -0.2) is 13.0 Å². The Morgan fingerprint density at radius 1 is 1.10 bits per heavy atom. The number of methoxy groups -OCH3 is 1. The third-order valence-corrected chi connectivity index (χ3v) is 3.39. The number of hydrogen-bond donors (Lipinski definition) is 1. The highest BCUT2D eigenvalue weighted by Crippen LogP contribution is 2.34. The van der Waals surface area contributed by atoms with E-state index in [1.807, 2.05) is 0 Å². The third-order valence-electron chi connectivity index (χ3n) is 2.58. The summed E-state index contributed by atoms with van der Waals surface area (Å²) in [7, 11) is 1.53. The quantitative estimate of drug-likeness (QED) is 0.868. The van der Waals surface area contributed by atoms with Crippen molar-refractivity contribution in [3.63, 3.8) is 0 Å². The maximum atomic E-state index is 12.2. The summed E-state index contributed by atoms with van der Waals surface area (Å²) in [6.45, 7) is 0. The minimum Gasteiger partial charge on any atom is -0.497 e. The minimum absolute atomic E-state index is 0.277. The molecule has 2 aromatic carbocycles. The molecule has 2 aromatic rings. The van der Waals surface area contributed by atoms with Crippen LogP contribution in [0.15, 0.2) is 36.4 Å². The van der Waals surface area contributed by atoms with E-state index in [1.54, 1.807) is 24.3 Å². The number of nitrogens with one attached hydrogen (secondary N) is 1. The lowest BCUT2D eigenvalue weighted by Gasteiger charge is -2.10. The van der Waals surface area contributed by atoms with Gasteiger partial charge in [0.2, 0.25) is 0 Å². The van der Waals surface area contributed by atoms with Crippen molar-refractivity contribution < 1.29 is 9.53 Å². The van der Waals surface area contributed by atoms with Crippen molar-refractivity contribution in [2.75, 3.05) is 12.4 Å². The normalized spacial score (nSPS) is 10.2. The molecule has 0 radical (unpaired) electrons. The average Bonchev–Trinajstić information content (AvgIpc) is 2.42. The Kier molecular flexibility index (Phi) is 4.76. The molecule has 1 N–H and O–H groups in total. The van der Waals surface area contributed by atoms with E-state index >= 15 is 0 Å². The summed E-state index contributed by atoms with van der Waals surface area (Å²) in [4.78, 5) is 12.2. The van der Waals surface area contributed by atoms with Gasteiger partial charge in [-0.05, 0) is 30.3 Å². The lowest BCUT2D eigenvalue weighted by atomic mass is 10.2. The molecule has 0 unspecified atom stereocenters. The molecule has 0 aliphatic rings. The standard InChI is InChI=1S/C14H10Cl3NO2/c1-20-10-4-2-3-8(5-10)14(19)18-13-11(16)6-9(15)7-12(13)17/h2-7H,1H3,(H,18,19). The predicted molar refractivity (Wildman–Crippen MR) is 82.4 cm³/mol. The van der Waals surface area contributed by atoms with Crippen molar-refractivity contribution in [3.8, 4) is 5.75 Å². The molecule has 0 spiro atoms. The Balaban J connectivity index is 2.28. The highest BCUT2D eigenvalue weighted by atomic mass is 35.5. The molecule has 0 aliphatic heterocycles. The van der Waals surface area contributed by atoms with Crippen LogP contribution in [0.2, 0.25) is 15.1 Å². The van der Waals surface area contributed by atoms with Gasteiger partial charge in [0, 0.05) is 10.6 Å². The fourth-order valence-electron chi connectivity index (χ4n) is 1.61. The Labute approximate surface area is 131 Å². The molecule has 0 atom stereocenters. The van der Waals surface area contributed by atoms with Crippen LogP contribution in [0.25, 0.3) is 0 Å². The number of amides is 1. The van der Waals surface area contributed by atoms with Gasteiger partial charge in [-0.3, -0.25) is 4.79 Å². The lowest BCUT2D eigenvalue weighted by molar-refractivity contribution is 0.102. The van der Waals surface area contributed by atoms with Crippen LogP contribution in [0.1, 0.15) is 10.4 Å². The van der Waals surface area contributed by atoms with Crippen LogP contribution in [0, 0.1) is 0 Å². The molecule has 0 aliphatic carbocycles. The maximum absolute atomic E-state index is 12.2. The molecule has 0 saturated carbocycles. The second-order valence-corrected chi connectivity index (χ2v) is 5.18. The van der Waals surface area contributed by atoms with Gasteiger partial charge in [-0.15, -0.1) is 0 Å². The third kappa shape index (κ3) is 3.37. The van der Waals surface area contributed by atoms with Crippen molar-refractivity contribution in [1.82, 2.24) is 0 Å². The van der Waals surface area contributed by atoms with Gasteiger partial charge in [-0.25, -0.2) is 0 Å². The van der Waals surface area contributed by atoms with Crippen molar-refractivity contribution in [3.05, 3.63) is 57.0 Å². The smallest absolute Gasteiger partial charge is 0.255 e. The SMILES string of the molecule is COc1cccc(C(=O)Nc2c(Cl)cc(Cl)cc2Cl)c1. The number of halogens is 3. The summed E-state index contributed by atoms with van der Waals surface area (Å²) in [5.74, 6) is 0.251. The Morgan fingerprint density at radius 2 is 1.75 bits per heavy atom. The molecule has 3 nitrogen and oxygen atoms in total. The number of anilines is 1. The number of ether oxygens (including phenoxy) is 1. The molecular formula is C14H10Cl3NO2. The van der Waals surface area contributed by atoms with E-state index in [0.29, 0.717) is 22.0 Å². The van der Waals surface area contributed by atoms with E-state index in [9.17, 15) is 4.79 Å². The lowest BCUT2D eigenvalue weighted by Crippen LogP contribution is -2.12. The zero-order valence-electron chi connectivity index (χ0n) is 10.4. The van der Waals surface area contributed by atoms with Crippen LogP contribution in [-0.2, 0) is 0 Å². The topological polar surface area (TPSA) is 38.3 Å². The van der Waals surface area contributed by atoms with Gasteiger partial charge in [0.25, 0.3) is 5.91 Å². The first kappa shape index (κ1) is 15.0. The van der Waals surface area contributed by atoms with E-state index in [1.165, 1.54) is 19.2 Å². The summed E-state index contributed by atoms with van der Waals surface area (Å²) in [6.07, 6.45) is 0. The molecule has 0 heterocycles. The first-order valence-electron chi connectivity index (χ1n) is 5.61. The summed E-state index contributed by atoms with van der Waals surface area (Å²) in [5, 5.41) is 3.61. The summed E-state index contributed by atoms with van der Waals surface area (Å²) in [5.41, 5.74) is 0.761. The van der Waals surface area contributed by atoms with Crippen LogP contribution < -0.4 is 10.1 Å². The van der Waals surface area contributed by atoms with Gasteiger partial charge < -0.3 is 10.1 Å². The van der Waals surface area contributed by atoms with Crippen LogP contribution in [0.4, 0.5) is 5.69 Å². The highest BCUT2D eigenvalue weighted by molar-refractivity contribution is 6.42. The summed E-state index contributed by atoms with van der Waals surface area (Å²) >= 11 is 17.9. The van der Waals surface area contributed by atoms with E-state index < -0.39 is 0 Å². The fraction of sp³-hybridized carbons (Fsp3) is 0.0714. The molecule has 0 aromatic heterocycles. The van der Waals surface area contributed by atoms with Crippen LogP contribution >= 0.6 is 34.8 Å². The van der Waals surface area contributed by atoms with Gasteiger partial charge in [0.15, 0.2) is 0 Å². The summed E-state index contributed by atoms with van der Waals surface area (Å²) in [6, 6.07) is 9.77. The number of benzene rings is 2. The summed E-state index contributed by atoms with van der Waals surface area (Å²) < 4.78 is 5.07. The second kappa shape index (κ2) is 6.35. The first-order chi connectivity index (χ1) is 9.51. The van der Waals surface area contributed by atoms with E-state index in [2.05, 4.69) is 5.32 Å². The van der Waals surface area contributed by atoms with E-state index in [0.717, 1.165) is 0 Å². The van der Waals surface area contributed by atoms with Crippen molar-refractivity contribution in [2.45, 2.75) is 0 Å². The van der Waals surface area contributed by atoms with Gasteiger partial charge >= 0.3 is 0 Å². The maximum Gasteiger partial charge on any atom is 0.255 e. The Morgan fingerprint density at radius 3 is 2.35 bits per heavy atom. The second-order valence-electron chi connectivity index (χ2n) is 3.93. The number of hydrogen-bond acceptors (Lipinski definition) is 2. The van der Waals surface area contributed by atoms with Crippen LogP contribution in [0.3, 0.4) is 0 Å². The van der Waals surface area contributed by atoms with Gasteiger partial charge in [-0.2, -0.15) is 0 Å². The first-order valence-corrected chi connectivity index (χ1v) is 6.74. The molecule has 20 heavy (non-hydrogen) atoms. The fourth-order valence-corrected chi connectivity index (χ4v) is 2.52. The van der Waals surface area contributed by atoms with E-state index in [4.69, 9.17) is 39.5 Å². The Hall–Kier alpha value is -1.42. The zero-order chi connectivity index (χ0) is 14.7. The van der Waals surface area contributed by atoms with Gasteiger partial charge in [0.05, 0.1) is 22.8 Å². The predicted octanol–water partition coefficient (Wildman–Crippen LogP) is 4.91. The number of carbonyl (C=O) groups excluding carboxylic acids is 1. The van der Waals surface area contributed by atoms with E-state index in [-0.39, 0.29) is 16.0 Å². The largest absolute Gasteiger partial charge is 0.497 e. The molecule has 104 valence electrons. The van der Waals surface area contributed by atoms with Crippen LogP contribution in [0.5, 0.6) is 5.75 Å². The molecule has 0 saturated heterocycles. The highest BCUT2D eigenvalue weighted by Gasteiger charge is 2.13. The molecule has 2 rings (SSSR count). The monoisotopic (exact) mass is 329 g/mol. The van der Waals surface area contributed by atoms with Gasteiger partial charge in [0.1, 0.15) is 5.75 Å². The van der Waals surface area contributed by atoms with Crippen molar-refractivity contribution >= 4 is 46.4 Å². The number of rotatable bonds is 3. The average molecular weight is 331 g/mol. The number of carbonyl (C=O) groups is 1. The van der Waals surface area contributed by atoms with Crippen molar-refractivity contribution in [1.29, 1.82) is 0 Å². The Bertz CT molecular complexity index is 636. The van der Waals surface area contributed by atoms with Gasteiger partial charge in [-0.1, -0.05) is 40.9 Å². The molecule has 0 fully saturated rings.